The van der Waals surface area contributed by atoms with Gasteiger partial charge in [0.2, 0.25) is 10.0 Å². The van der Waals surface area contributed by atoms with Crippen LogP contribution < -0.4 is 4.90 Å². The summed E-state index contributed by atoms with van der Waals surface area (Å²) in [6.07, 6.45) is -4.39. The molecule has 0 spiro atoms. The summed E-state index contributed by atoms with van der Waals surface area (Å²) in [4.78, 5) is 13.3. The number of esters is 1. The molecule has 0 bridgehead atoms. The number of carbonyl (C=O) groups is 1. The summed E-state index contributed by atoms with van der Waals surface area (Å²) >= 11 is 1.33. The molecule has 1 heterocycles. The van der Waals surface area contributed by atoms with E-state index in [1.165, 1.54) is 41.4 Å². The lowest BCUT2D eigenvalue weighted by Gasteiger charge is -2.35. The Hall–Kier alpha value is -2.24. The Kier molecular flexibility index (Phi) is 7.73. The number of rotatable bonds is 7. The van der Waals surface area contributed by atoms with E-state index < -0.39 is 21.8 Å². The van der Waals surface area contributed by atoms with E-state index in [4.69, 9.17) is 0 Å². The maximum Gasteiger partial charge on any atom is 0.416 e. The maximum absolute atomic E-state index is 13.1. The fraction of sp³-hybridized carbons (Fsp3) is 0.381. The average molecular weight is 489 g/mol. The van der Waals surface area contributed by atoms with Gasteiger partial charge in [-0.25, -0.2) is 8.42 Å². The van der Waals surface area contributed by atoms with Crippen LogP contribution in [0.4, 0.5) is 18.9 Å². The highest BCUT2D eigenvalue weighted by Gasteiger charge is 2.31. The summed E-state index contributed by atoms with van der Waals surface area (Å²) in [7, 11) is -2.39. The lowest BCUT2D eigenvalue weighted by atomic mass is 10.2. The third-order valence-corrected chi connectivity index (χ3v) is 7.92. The SMILES string of the molecule is COC(=O)CSCc1cccc(S(=O)(=O)N2CCN(c3ccc(C(F)(F)F)cc3)CC2)c1. The van der Waals surface area contributed by atoms with E-state index in [0.29, 0.717) is 24.5 Å². The molecule has 1 saturated heterocycles. The van der Waals surface area contributed by atoms with E-state index in [1.807, 2.05) is 4.90 Å². The van der Waals surface area contributed by atoms with Gasteiger partial charge in [-0.3, -0.25) is 4.79 Å². The second kappa shape index (κ2) is 10.1. The van der Waals surface area contributed by atoms with Crippen molar-refractivity contribution in [1.29, 1.82) is 0 Å². The first-order valence-corrected chi connectivity index (χ1v) is 12.4. The molecular formula is C21H23F3N2O4S2. The third-order valence-electron chi connectivity index (χ3n) is 5.05. The van der Waals surface area contributed by atoms with Gasteiger partial charge in [-0.2, -0.15) is 17.5 Å². The van der Waals surface area contributed by atoms with Crippen molar-refractivity contribution in [3.05, 3.63) is 59.7 Å². The van der Waals surface area contributed by atoms with Crippen LogP contribution in [0.5, 0.6) is 0 Å². The highest BCUT2D eigenvalue weighted by molar-refractivity contribution is 7.99. The Labute approximate surface area is 189 Å². The number of halogens is 3. The van der Waals surface area contributed by atoms with Crippen LogP contribution in [0.15, 0.2) is 53.4 Å². The number of anilines is 1. The molecule has 2 aromatic rings. The maximum atomic E-state index is 13.1. The molecule has 0 atom stereocenters. The van der Waals surface area contributed by atoms with Crippen LogP contribution in [0, 0.1) is 0 Å². The Bertz CT molecular complexity index is 1040. The monoisotopic (exact) mass is 488 g/mol. The van der Waals surface area contributed by atoms with Crippen LogP contribution in [-0.4, -0.2) is 57.7 Å². The van der Waals surface area contributed by atoms with Gasteiger partial charge >= 0.3 is 12.1 Å². The summed E-state index contributed by atoms with van der Waals surface area (Å²) in [5.74, 6) is 0.309. The van der Waals surface area contributed by atoms with Crippen molar-refractivity contribution in [2.45, 2.75) is 16.8 Å². The molecule has 1 aliphatic rings. The number of ether oxygens (including phenoxy) is 1. The van der Waals surface area contributed by atoms with Crippen LogP contribution in [0.25, 0.3) is 0 Å². The minimum Gasteiger partial charge on any atom is -0.468 e. The summed E-state index contributed by atoms with van der Waals surface area (Å²) in [6.45, 7) is 1.20. The lowest BCUT2D eigenvalue weighted by molar-refractivity contribution is -0.138. The molecule has 0 aliphatic carbocycles. The second-order valence-corrected chi connectivity index (χ2v) is 10.1. The van der Waals surface area contributed by atoms with Crippen molar-refractivity contribution in [3.8, 4) is 0 Å². The van der Waals surface area contributed by atoms with Crippen LogP contribution >= 0.6 is 11.8 Å². The van der Waals surface area contributed by atoms with Gasteiger partial charge in [-0.05, 0) is 42.0 Å². The Morgan fingerprint density at radius 3 is 2.31 bits per heavy atom. The van der Waals surface area contributed by atoms with Crippen molar-refractivity contribution in [1.82, 2.24) is 4.31 Å². The first kappa shape index (κ1) is 24.4. The van der Waals surface area contributed by atoms with Gasteiger partial charge in [-0.15, -0.1) is 11.8 Å². The van der Waals surface area contributed by atoms with E-state index in [0.717, 1.165) is 17.7 Å². The number of piperazine rings is 1. The number of benzene rings is 2. The summed E-state index contributed by atoms with van der Waals surface area (Å²) < 4.78 is 70.3. The number of carbonyl (C=O) groups excluding carboxylic acids is 1. The Balaban J connectivity index is 1.62. The van der Waals surface area contributed by atoms with Gasteiger partial charge in [0.25, 0.3) is 0 Å². The number of hydrogen-bond donors (Lipinski definition) is 0. The summed E-state index contributed by atoms with van der Waals surface area (Å²) in [6, 6.07) is 11.5. The van der Waals surface area contributed by atoms with Gasteiger partial charge in [0, 0.05) is 37.6 Å². The standard InChI is InChI=1S/C21H23F3N2O4S2/c1-30-20(27)15-31-14-16-3-2-4-19(13-16)32(28,29)26-11-9-25(10-12-26)18-7-5-17(6-8-18)21(22,23)24/h2-8,13H,9-12,14-15H2,1H3. The van der Waals surface area contributed by atoms with Crippen LogP contribution in [0.2, 0.25) is 0 Å². The molecule has 0 saturated carbocycles. The molecule has 0 N–H and O–H groups in total. The average Bonchev–Trinajstić information content (AvgIpc) is 2.79. The quantitative estimate of drug-likeness (QED) is 0.555. The fourth-order valence-corrected chi connectivity index (χ4v) is 5.60. The first-order valence-electron chi connectivity index (χ1n) is 9.77. The normalized spacial score (nSPS) is 15.6. The molecule has 174 valence electrons. The van der Waals surface area contributed by atoms with Crippen molar-refractivity contribution in [2.24, 2.45) is 0 Å². The van der Waals surface area contributed by atoms with E-state index >= 15 is 0 Å². The Morgan fingerprint density at radius 1 is 1.06 bits per heavy atom. The fourth-order valence-electron chi connectivity index (χ4n) is 3.30. The van der Waals surface area contributed by atoms with Crippen LogP contribution in [0.3, 0.4) is 0 Å². The third kappa shape index (κ3) is 5.96. The number of alkyl halides is 3. The van der Waals surface area contributed by atoms with Crippen molar-refractivity contribution < 1.29 is 31.1 Å². The molecule has 0 unspecified atom stereocenters. The molecule has 2 aromatic carbocycles. The minimum atomic E-state index is -4.39. The largest absolute Gasteiger partial charge is 0.468 e. The van der Waals surface area contributed by atoms with Crippen molar-refractivity contribution in [3.63, 3.8) is 0 Å². The lowest BCUT2D eigenvalue weighted by Crippen LogP contribution is -2.48. The van der Waals surface area contributed by atoms with Crippen LogP contribution in [0.1, 0.15) is 11.1 Å². The van der Waals surface area contributed by atoms with Gasteiger partial charge in [0.1, 0.15) is 0 Å². The molecule has 1 aliphatic heterocycles. The molecule has 0 radical (unpaired) electrons. The summed E-state index contributed by atoms with van der Waals surface area (Å²) in [5, 5.41) is 0. The molecule has 0 aromatic heterocycles. The van der Waals surface area contributed by atoms with Crippen molar-refractivity contribution in [2.75, 3.05) is 43.9 Å². The predicted molar refractivity (Wildman–Crippen MR) is 117 cm³/mol. The number of sulfonamides is 1. The van der Waals surface area contributed by atoms with Crippen LogP contribution in [-0.2, 0) is 31.5 Å². The molecule has 1 fully saturated rings. The molecule has 11 heteroatoms. The molecule has 32 heavy (non-hydrogen) atoms. The van der Waals surface area contributed by atoms with E-state index in [9.17, 15) is 26.4 Å². The zero-order valence-electron chi connectivity index (χ0n) is 17.3. The number of hydrogen-bond acceptors (Lipinski definition) is 6. The molecule has 6 nitrogen and oxygen atoms in total. The summed E-state index contributed by atoms with van der Waals surface area (Å²) in [5.41, 5.74) is 0.690. The molecular weight excluding hydrogens is 465 g/mol. The zero-order chi connectivity index (χ0) is 23.4. The second-order valence-electron chi connectivity index (χ2n) is 7.15. The number of nitrogens with zero attached hydrogens (tertiary/aromatic N) is 2. The highest BCUT2D eigenvalue weighted by Crippen LogP contribution is 2.31. The number of thioether (sulfide) groups is 1. The predicted octanol–water partition coefficient (Wildman–Crippen LogP) is 3.62. The van der Waals surface area contributed by atoms with Crippen molar-refractivity contribution >= 4 is 33.4 Å². The molecule has 0 amide bonds. The van der Waals surface area contributed by atoms with E-state index in [-0.39, 0.29) is 29.7 Å². The topological polar surface area (TPSA) is 66.9 Å². The minimum absolute atomic E-state index is 0.177. The Morgan fingerprint density at radius 2 is 1.72 bits per heavy atom. The van der Waals surface area contributed by atoms with Gasteiger partial charge in [-0.1, -0.05) is 12.1 Å². The van der Waals surface area contributed by atoms with Gasteiger partial charge < -0.3 is 9.64 Å². The van der Waals surface area contributed by atoms with Gasteiger partial charge in [0.05, 0.1) is 23.3 Å². The smallest absolute Gasteiger partial charge is 0.416 e. The highest BCUT2D eigenvalue weighted by atomic mass is 32.2. The van der Waals surface area contributed by atoms with E-state index in [1.54, 1.807) is 18.2 Å². The zero-order valence-corrected chi connectivity index (χ0v) is 19.0. The first-order chi connectivity index (χ1) is 15.1. The number of methoxy groups -OCH3 is 1. The molecule has 3 rings (SSSR count). The van der Waals surface area contributed by atoms with Gasteiger partial charge in [0.15, 0.2) is 0 Å². The van der Waals surface area contributed by atoms with E-state index in [2.05, 4.69) is 4.74 Å².